The van der Waals surface area contributed by atoms with Gasteiger partial charge in [0.1, 0.15) is 7.28 Å². The van der Waals surface area contributed by atoms with Crippen LogP contribution in [-0.2, 0) is 0 Å². The van der Waals surface area contributed by atoms with Crippen LogP contribution in [0.3, 0.4) is 0 Å². The first-order valence-corrected chi connectivity index (χ1v) is 5.38. The van der Waals surface area contributed by atoms with E-state index >= 15 is 0 Å². The zero-order chi connectivity index (χ0) is 9.19. The van der Waals surface area contributed by atoms with Crippen molar-refractivity contribution in [2.75, 3.05) is 0 Å². The predicted octanol–water partition coefficient (Wildman–Crippen LogP) is 3.91. The Morgan fingerprint density at radius 2 is 1.67 bits per heavy atom. The largest absolute Gasteiger partial charge is 0.121 e. The maximum Gasteiger partial charge on any atom is 0.121 e. The molecule has 0 N–H and O–H groups in total. The summed E-state index contributed by atoms with van der Waals surface area (Å²) in [6.45, 7) is 9.39. The third kappa shape index (κ3) is 2.53. The molecule has 12 heavy (non-hydrogen) atoms. The van der Waals surface area contributed by atoms with Gasteiger partial charge in [0.15, 0.2) is 0 Å². The van der Waals surface area contributed by atoms with E-state index in [1.54, 1.807) is 0 Å². The highest BCUT2D eigenvalue weighted by Crippen LogP contribution is 2.41. The van der Waals surface area contributed by atoms with Gasteiger partial charge in [-0.25, -0.2) is 0 Å². The minimum Gasteiger partial charge on any atom is -0.0682 e. The van der Waals surface area contributed by atoms with E-state index in [0.717, 1.165) is 11.7 Å². The average molecular weight is 165 g/mol. The Labute approximate surface area is 78.4 Å². The third-order valence-corrected chi connectivity index (χ3v) is 3.55. The lowest BCUT2D eigenvalue weighted by Gasteiger charge is -2.31. The Bertz CT molecular complexity index is 132. The molecule has 0 bridgehead atoms. The third-order valence-electron chi connectivity index (χ3n) is 3.55. The molecule has 0 aromatic heterocycles. The molecule has 1 aliphatic rings. The summed E-state index contributed by atoms with van der Waals surface area (Å²) >= 11 is 0. The van der Waals surface area contributed by atoms with E-state index in [0.29, 0.717) is 5.31 Å². The molecular formula is C11H22B. The van der Waals surface area contributed by atoms with Gasteiger partial charge in [0.05, 0.1) is 0 Å². The van der Waals surface area contributed by atoms with E-state index in [4.69, 9.17) is 0 Å². The monoisotopic (exact) mass is 165 g/mol. The van der Waals surface area contributed by atoms with E-state index in [9.17, 15) is 0 Å². The van der Waals surface area contributed by atoms with Gasteiger partial charge in [-0.15, -0.1) is 0 Å². The van der Waals surface area contributed by atoms with Crippen LogP contribution in [0.15, 0.2) is 0 Å². The standard InChI is InChI=1S/C11H22B/c1-9(2)11(3,4)12-10-7-5-6-8-10/h9-10H,5-8H2,1-4H3. The minimum absolute atomic E-state index is 0.439. The molecule has 0 aliphatic heterocycles. The molecule has 1 aliphatic carbocycles. The molecule has 0 amide bonds. The molecule has 0 atom stereocenters. The summed E-state index contributed by atoms with van der Waals surface area (Å²) in [5, 5.41) is 0.439. The second-order valence-electron chi connectivity index (χ2n) is 5.19. The van der Waals surface area contributed by atoms with Crippen molar-refractivity contribution in [1.82, 2.24) is 0 Å². The summed E-state index contributed by atoms with van der Waals surface area (Å²) in [4.78, 5) is 0. The van der Waals surface area contributed by atoms with Crippen molar-refractivity contribution in [3.05, 3.63) is 0 Å². The smallest absolute Gasteiger partial charge is 0.0682 e. The average Bonchev–Trinajstić information content (AvgIpc) is 2.38. The molecule has 0 unspecified atom stereocenters. The summed E-state index contributed by atoms with van der Waals surface area (Å²) < 4.78 is 0. The molecule has 0 spiro atoms. The first-order chi connectivity index (χ1) is 5.52. The van der Waals surface area contributed by atoms with E-state index in [2.05, 4.69) is 35.0 Å². The van der Waals surface area contributed by atoms with Crippen molar-refractivity contribution >= 4 is 7.28 Å². The van der Waals surface area contributed by atoms with Crippen LogP contribution in [0.1, 0.15) is 53.4 Å². The van der Waals surface area contributed by atoms with E-state index in [1.165, 1.54) is 25.7 Å². The van der Waals surface area contributed by atoms with Gasteiger partial charge in [-0.2, -0.15) is 0 Å². The molecule has 0 aromatic carbocycles. The highest BCUT2D eigenvalue weighted by Gasteiger charge is 2.29. The molecule has 1 radical (unpaired) electrons. The maximum atomic E-state index is 2.60. The Kier molecular flexibility index (Phi) is 3.26. The molecule has 0 nitrogen and oxygen atoms in total. The van der Waals surface area contributed by atoms with Gasteiger partial charge in [0.2, 0.25) is 0 Å². The van der Waals surface area contributed by atoms with Crippen molar-refractivity contribution in [2.45, 2.75) is 64.5 Å². The first-order valence-electron chi connectivity index (χ1n) is 5.38. The second-order valence-corrected chi connectivity index (χ2v) is 5.19. The van der Waals surface area contributed by atoms with Crippen LogP contribution >= 0.6 is 0 Å². The fourth-order valence-electron chi connectivity index (χ4n) is 1.92. The Hall–Kier alpha value is 0.0649. The van der Waals surface area contributed by atoms with Crippen LogP contribution in [0.5, 0.6) is 0 Å². The van der Waals surface area contributed by atoms with Gasteiger partial charge in [0.25, 0.3) is 0 Å². The van der Waals surface area contributed by atoms with Gasteiger partial charge in [-0.3, -0.25) is 0 Å². The fraction of sp³-hybridized carbons (Fsp3) is 1.00. The van der Waals surface area contributed by atoms with Crippen LogP contribution in [0.4, 0.5) is 0 Å². The molecule has 1 saturated carbocycles. The SMILES string of the molecule is CC(C)C(C)(C)[B]C1CCCC1. The number of rotatable bonds is 3. The van der Waals surface area contributed by atoms with Crippen LogP contribution in [-0.4, -0.2) is 7.28 Å². The van der Waals surface area contributed by atoms with Crippen LogP contribution in [0.2, 0.25) is 11.1 Å². The van der Waals surface area contributed by atoms with Gasteiger partial charge >= 0.3 is 0 Å². The Morgan fingerprint density at radius 3 is 2.08 bits per heavy atom. The maximum absolute atomic E-state index is 2.60. The topological polar surface area (TPSA) is 0 Å². The lowest BCUT2D eigenvalue weighted by atomic mass is 9.43. The zero-order valence-electron chi connectivity index (χ0n) is 9.06. The molecular weight excluding hydrogens is 143 g/mol. The Balaban J connectivity index is 2.37. The van der Waals surface area contributed by atoms with Crippen LogP contribution in [0.25, 0.3) is 0 Å². The van der Waals surface area contributed by atoms with Crippen molar-refractivity contribution in [2.24, 2.45) is 5.92 Å². The summed E-state index contributed by atoms with van der Waals surface area (Å²) in [6, 6.07) is 0. The second kappa shape index (κ2) is 3.85. The molecule has 0 heterocycles. The zero-order valence-corrected chi connectivity index (χ0v) is 9.06. The summed E-state index contributed by atoms with van der Waals surface area (Å²) in [5.41, 5.74) is 0. The summed E-state index contributed by atoms with van der Waals surface area (Å²) in [7, 11) is 2.60. The lowest BCUT2D eigenvalue weighted by molar-refractivity contribution is 0.467. The van der Waals surface area contributed by atoms with Gasteiger partial charge in [-0.1, -0.05) is 64.5 Å². The van der Waals surface area contributed by atoms with E-state index in [1.807, 2.05) is 0 Å². The van der Waals surface area contributed by atoms with Crippen LogP contribution < -0.4 is 0 Å². The van der Waals surface area contributed by atoms with Gasteiger partial charge in [-0.05, 0) is 5.92 Å². The van der Waals surface area contributed by atoms with E-state index in [-0.39, 0.29) is 0 Å². The van der Waals surface area contributed by atoms with E-state index < -0.39 is 0 Å². The molecule has 1 heteroatoms. The minimum atomic E-state index is 0.439. The summed E-state index contributed by atoms with van der Waals surface area (Å²) in [5.74, 6) is 1.69. The molecule has 0 aromatic rings. The van der Waals surface area contributed by atoms with Gasteiger partial charge in [0, 0.05) is 0 Å². The molecule has 69 valence electrons. The molecule has 1 rings (SSSR count). The van der Waals surface area contributed by atoms with Crippen molar-refractivity contribution in [1.29, 1.82) is 0 Å². The first kappa shape index (κ1) is 10.1. The van der Waals surface area contributed by atoms with Crippen molar-refractivity contribution in [3.8, 4) is 0 Å². The molecule has 1 fully saturated rings. The number of hydrogen-bond acceptors (Lipinski definition) is 0. The normalized spacial score (nSPS) is 20.4. The number of hydrogen-bond donors (Lipinski definition) is 0. The highest BCUT2D eigenvalue weighted by atomic mass is 14.2. The van der Waals surface area contributed by atoms with Crippen molar-refractivity contribution in [3.63, 3.8) is 0 Å². The van der Waals surface area contributed by atoms with Crippen molar-refractivity contribution < 1.29 is 0 Å². The van der Waals surface area contributed by atoms with Gasteiger partial charge < -0.3 is 0 Å². The quantitative estimate of drug-likeness (QED) is 0.556. The Morgan fingerprint density at radius 1 is 1.17 bits per heavy atom. The van der Waals surface area contributed by atoms with Crippen LogP contribution in [0, 0.1) is 5.92 Å². The summed E-state index contributed by atoms with van der Waals surface area (Å²) in [6.07, 6.45) is 5.79. The predicted molar refractivity (Wildman–Crippen MR) is 56.9 cm³/mol. The molecule has 0 saturated heterocycles. The highest BCUT2D eigenvalue weighted by molar-refractivity contribution is 6.41. The fourth-order valence-corrected chi connectivity index (χ4v) is 1.92. The lowest BCUT2D eigenvalue weighted by Crippen LogP contribution is -2.22.